The second-order valence-electron chi connectivity index (χ2n) is 6.41. The van der Waals surface area contributed by atoms with Crippen molar-refractivity contribution in [2.45, 2.75) is 38.6 Å². The first kappa shape index (κ1) is 18.2. The van der Waals surface area contributed by atoms with Crippen molar-refractivity contribution in [1.29, 1.82) is 0 Å². The predicted octanol–water partition coefficient (Wildman–Crippen LogP) is 0.954. The summed E-state index contributed by atoms with van der Waals surface area (Å²) in [6, 6.07) is 8.39. The Morgan fingerprint density at radius 2 is 2.15 bits per heavy atom. The predicted molar refractivity (Wildman–Crippen MR) is 94.8 cm³/mol. The number of aliphatic hydroxyl groups is 1. The van der Waals surface area contributed by atoms with Crippen molar-refractivity contribution < 1.29 is 15.1 Å². The Bertz CT molecular complexity index is 756. The van der Waals surface area contributed by atoms with E-state index in [1.165, 1.54) is 11.6 Å². The number of benzene rings is 1. The van der Waals surface area contributed by atoms with Gasteiger partial charge in [-0.1, -0.05) is 29.5 Å². The number of nitrogens with one attached hydrogen (secondary N) is 1. The molecule has 1 atom stereocenters. The minimum Gasteiger partial charge on any atom is -0.390 e. The van der Waals surface area contributed by atoms with Gasteiger partial charge in [0.05, 0.1) is 19.3 Å². The molecule has 1 aliphatic rings. The number of hydrogen-bond acceptors (Lipinski definition) is 6. The number of hydrogen-bond donors (Lipinski definition) is 3. The Hall–Kier alpha value is -2.55. The highest BCUT2D eigenvalue weighted by Gasteiger charge is 2.25. The standard InChI is InChI=1S/C18H23N5O3/c24-13-16-11-23(21-19-16)12-17-2-1-9-22(17)10-15-5-3-14(4-6-15)7-8-18(25)20-26/h3-8,11,17,24,26H,1-2,9-10,12-13H2,(H,20,25)/b8-7+/t17-/m1/s1. The molecule has 2 aromatic rings. The first-order chi connectivity index (χ1) is 12.7. The van der Waals surface area contributed by atoms with Gasteiger partial charge in [0.25, 0.3) is 5.91 Å². The molecule has 138 valence electrons. The van der Waals surface area contributed by atoms with Crippen LogP contribution in [0.4, 0.5) is 0 Å². The van der Waals surface area contributed by atoms with Gasteiger partial charge < -0.3 is 5.11 Å². The largest absolute Gasteiger partial charge is 0.390 e. The molecule has 0 aliphatic carbocycles. The summed E-state index contributed by atoms with van der Waals surface area (Å²) in [5, 5.41) is 25.6. The van der Waals surface area contributed by atoms with Crippen LogP contribution in [0.5, 0.6) is 0 Å². The van der Waals surface area contributed by atoms with E-state index in [9.17, 15) is 4.79 Å². The summed E-state index contributed by atoms with van der Waals surface area (Å²) in [4.78, 5) is 13.4. The van der Waals surface area contributed by atoms with Gasteiger partial charge >= 0.3 is 0 Å². The van der Waals surface area contributed by atoms with Gasteiger partial charge in [0, 0.05) is 18.7 Å². The van der Waals surface area contributed by atoms with E-state index < -0.39 is 5.91 Å². The molecule has 1 fully saturated rings. The zero-order valence-corrected chi connectivity index (χ0v) is 14.5. The summed E-state index contributed by atoms with van der Waals surface area (Å²) < 4.78 is 1.80. The van der Waals surface area contributed by atoms with Gasteiger partial charge in [0.2, 0.25) is 0 Å². The van der Waals surface area contributed by atoms with Crippen molar-refractivity contribution in [3.05, 3.63) is 53.4 Å². The summed E-state index contributed by atoms with van der Waals surface area (Å²) in [6.45, 7) is 2.58. The highest BCUT2D eigenvalue weighted by atomic mass is 16.5. The lowest BCUT2D eigenvalue weighted by atomic mass is 10.1. The van der Waals surface area contributed by atoms with E-state index in [-0.39, 0.29) is 6.61 Å². The van der Waals surface area contributed by atoms with Crippen LogP contribution in [-0.4, -0.2) is 48.7 Å². The fraction of sp³-hybridized carbons (Fsp3) is 0.389. The molecule has 1 amide bonds. The molecule has 3 N–H and O–H groups in total. The molecule has 0 spiro atoms. The van der Waals surface area contributed by atoms with Crippen LogP contribution in [0.25, 0.3) is 6.08 Å². The number of aliphatic hydroxyl groups excluding tert-OH is 1. The van der Waals surface area contributed by atoms with Gasteiger partial charge in [-0.05, 0) is 36.6 Å². The number of aromatic nitrogens is 3. The number of nitrogens with zero attached hydrogens (tertiary/aromatic N) is 4. The van der Waals surface area contributed by atoms with Crippen LogP contribution >= 0.6 is 0 Å². The number of rotatable bonds is 7. The third-order valence-corrected chi connectivity index (χ3v) is 4.55. The second kappa shape index (κ2) is 8.70. The highest BCUT2D eigenvalue weighted by Crippen LogP contribution is 2.21. The van der Waals surface area contributed by atoms with Crippen LogP contribution in [0.15, 0.2) is 36.5 Å². The second-order valence-corrected chi connectivity index (χ2v) is 6.41. The molecule has 0 radical (unpaired) electrons. The molecular weight excluding hydrogens is 334 g/mol. The molecule has 1 saturated heterocycles. The normalized spacial score (nSPS) is 17.8. The van der Waals surface area contributed by atoms with E-state index in [0.29, 0.717) is 11.7 Å². The Labute approximate surface area is 151 Å². The van der Waals surface area contributed by atoms with E-state index in [4.69, 9.17) is 10.3 Å². The fourth-order valence-electron chi connectivity index (χ4n) is 3.20. The number of likely N-dealkylation sites (tertiary alicyclic amines) is 1. The maximum absolute atomic E-state index is 11.0. The maximum atomic E-state index is 11.0. The van der Waals surface area contributed by atoms with Gasteiger partial charge in [-0.2, -0.15) is 0 Å². The van der Waals surface area contributed by atoms with Crippen molar-refractivity contribution in [3.8, 4) is 0 Å². The third kappa shape index (κ3) is 4.75. The Morgan fingerprint density at radius 3 is 2.85 bits per heavy atom. The van der Waals surface area contributed by atoms with Crippen LogP contribution in [0, 0.1) is 0 Å². The molecular formula is C18H23N5O3. The average Bonchev–Trinajstić information content (AvgIpc) is 3.30. The fourth-order valence-corrected chi connectivity index (χ4v) is 3.20. The maximum Gasteiger partial charge on any atom is 0.267 e. The van der Waals surface area contributed by atoms with Crippen molar-refractivity contribution in [2.75, 3.05) is 6.54 Å². The quantitative estimate of drug-likeness (QED) is 0.387. The monoisotopic (exact) mass is 357 g/mol. The van der Waals surface area contributed by atoms with E-state index in [2.05, 4.69) is 15.2 Å². The summed E-state index contributed by atoms with van der Waals surface area (Å²) in [7, 11) is 0. The first-order valence-corrected chi connectivity index (χ1v) is 8.63. The van der Waals surface area contributed by atoms with Crippen LogP contribution in [0.1, 0.15) is 29.7 Å². The SMILES string of the molecule is O=C(/C=C/c1ccc(CN2CCC[C@@H]2Cn2cc(CO)nn2)cc1)NO. The molecule has 8 nitrogen and oxygen atoms in total. The minimum atomic E-state index is -0.550. The number of amides is 1. The summed E-state index contributed by atoms with van der Waals surface area (Å²) in [5.74, 6) is -0.550. The van der Waals surface area contributed by atoms with Crippen LogP contribution in [0.3, 0.4) is 0 Å². The smallest absolute Gasteiger partial charge is 0.267 e. The first-order valence-electron chi connectivity index (χ1n) is 8.63. The van der Waals surface area contributed by atoms with Crippen LogP contribution in [-0.2, 0) is 24.5 Å². The minimum absolute atomic E-state index is 0.0882. The number of carbonyl (C=O) groups excluding carboxylic acids is 1. The molecule has 0 unspecified atom stereocenters. The Balaban J connectivity index is 1.58. The molecule has 1 aliphatic heterocycles. The molecule has 1 aromatic heterocycles. The van der Waals surface area contributed by atoms with Crippen molar-refractivity contribution >= 4 is 12.0 Å². The molecule has 0 bridgehead atoms. The third-order valence-electron chi connectivity index (χ3n) is 4.55. The molecule has 8 heteroatoms. The average molecular weight is 357 g/mol. The van der Waals surface area contributed by atoms with Crippen molar-refractivity contribution in [3.63, 3.8) is 0 Å². The van der Waals surface area contributed by atoms with E-state index in [1.807, 2.05) is 24.3 Å². The zero-order chi connectivity index (χ0) is 18.4. The number of carbonyl (C=O) groups is 1. The summed E-state index contributed by atoms with van der Waals surface area (Å²) in [5.41, 5.74) is 4.26. The van der Waals surface area contributed by atoms with Crippen LogP contribution < -0.4 is 5.48 Å². The zero-order valence-electron chi connectivity index (χ0n) is 14.5. The summed E-state index contributed by atoms with van der Waals surface area (Å²) in [6.07, 6.45) is 7.00. The van der Waals surface area contributed by atoms with E-state index in [0.717, 1.165) is 38.0 Å². The van der Waals surface area contributed by atoms with Crippen molar-refractivity contribution in [1.82, 2.24) is 25.4 Å². The van der Waals surface area contributed by atoms with Gasteiger partial charge in [-0.3, -0.25) is 19.6 Å². The van der Waals surface area contributed by atoms with Gasteiger partial charge in [0.1, 0.15) is 5.69 Å². The Kier molecular flexibility index (Phi) is 6.11. The van der Waals surface area contributed by atoms with Gasteiger partial charge in [-0.15, -0.1) is 5.10 Å². The molecule has 3 rings (SSSR count). The summed E-state index contributed by atoms with van der Waals surface area (Å²) >= 11 is 0. The molecule has 2 heterocycles. The lowest BCUT2D eigenvalue weighted by Gasteiger charge is -2.24. The lowest BCUT2D eigenvalue weighted by Crippen LogP contribution is -2.32. The Morgan fingerprint density at radius 1 is 1.35 bits per heavy atom. The van der Waals surface area contributed by atoms with Crippen molar-refractivity contribution in [2.24, 2.45) is 0 Å². The molecule has 0 saturated carbocycles. The van der Waals surface area contributed by atoms with Gasteiger partial charge in [-0.25, -0.2) is 5.48 Å². The van der Waals surface area contributed by atoms with Gasteiger partial charge in [0.15, 0.2) is 0 Å². The van der Waals surface area contributed by atoms with Crippen LogP contribution in [0.2, 0.25) is 0 Å². The van der Waals surface area contributed by atoms with E-state index in [1.54, 1.807) is 22.4 Å². The highest BCUT2D eigenvalue weighted by molar-refractivity contribution is 5.90. The van der Waals surface area contributed by atoms with E-state index >= 15 is 0 Å². The lowest BCUT2D eigenvalue weighted by molar-refractivity contribution is -0.124. The number of hydroxylamine groups is 1. The topological polar surface area (TPSA) is 104 Å². The molecule has 26 heavy (non-hydrogen) atoms. The molecule has 1 aromatic carbocycles.